The number of aryl methyl sites for hydroxylation is 1. The summed E-state index contributed by atoms with van der Waals surface area (Å²) in [4.78, 5) is 53.6. The molecule has 1 fully saturated rings. The fourth-order valence-electron chi connectivity index (χ4n) is 4.00. The number of hydrogen-bond donors (Lipinski definition) is 3. The van der Waals surface area contributed by atoms with Gasteiger partial charge in [0.05, 0.1) is 33.1 Å². The van der Waals surface area contributed by atoms with Gasteiger partial charge in [0, 0.05) is 60.8 Å². The number of rotatable bonds is 7. The van der Waals surface area contributed by atoms with Crippen LogP contribution in [0, 0.1) is 18.8 Å². The molecule has 1 aliphatic rings. The maximum atomic E-state index is 13.2. The summed E-state index contributed by atoms with van der Waals surface area (Å²) < 4.78 is 22.4. The number of nitrogens with one attached hydrogen (secondary N) is 2. The number of carbonyl (C=O) groups excluding carboxylic acids is 3. The van der Waals surface area contributed by atoms with Crippen molar-refractivity contribution >= 4 is 39.2 Å². The molecule has 42 heavy (non-hydrogen) atoms. The molecule has 3 heterocycles. The molecule has 3 N–H and O–H groups in total. The Morgan fingerprint density at radius 2 is 1.86 bits per heavy atom. The highest BCUT2D eigenvalue weighted by Gasteiger charge is 2.25. The van der Waals surface area contributed by atoms with E-state index >= 15 is 0 Å². The summed E-state index contributed by atoms with van der Waals surface area (Å²) in [6.45, 7) is 2.31. The summed E-state index contributed by atoms with van der Waals surface area (Å²) in [5.41, 5.74) is 2.46. The van der Waals surface area contributed by atoms with Gasteiger partial charge in [-0.3, -0.25) is 19.4 Å². The number of benzene rings is 1. The van der Waals surface area contributed by atoms with E-state index in [9.17, 15) is 23.4 Å². The van der Waals surface area contributed by atoms with Gasteiger partial charge in [-0.15, -0.1) is 0 Å². The average molecular weight is 592 g/mol. The SMILES string of the molecule is Cc1ccoc1C(=O)Nc1cccc(C#Cc2cncc(C(=O)N=S3(=O)CCN(C(=O)NCCCC(=O)O)CC3)c2)c1. The predicted octanol–water partition coefficient (Wildman–Crippen LogP) is 3.13. The second-order valence-corrected chi connectivity index (χ2v) is 12.0. The van der Waals surface area contributed by atoms with Crippen molar-refractivity contribution in [2.24, 2.45) is 4.36 Å². The number of carbonyl (C=O) groups is 4. The van der Waals surface area contributed by atoms with Crippen LogP contribution in [0.15, 0.2) is 63.8 Å². The lowest BCUT2D eigenvalue weighted by atomic mass is 10.1. The number of amides is 4. The van der Waals surface area contributed by atoms with Crippen molar-refractivity contribution in [2.75, 3.05) is 36.5 Å². The Kier molecular flexibility index (Phi) is 9.72. The fraction of sp³-hybridized carbons (Fsp3) is 0.276. The summed E-state index contributed by atoms with van der Waals surface area (Å²) in [6, 6.07) is 9.79. The van der Waals surface area contributed by atoms with E-state index in [0.29, 0.717) is 23.2 Å². The first kappa shape index (κ1) is 30.0. The largest absolute Gasteiger partial charge is 0.481 e. The van der Waals surface area contributed by atoms with Crippen LogP contribution < -0.4 is 10.6 Å². The van der Waals surface area contributed by atoms with Gasteiger partial charge >= 0.3 is 12.0 Å². The van der Waals surface area contributed by atoms with Crippen LogP contribution in [0.1, 0.15) is 50.4 Å². The first-order chi connectivity index (χ1) is 20.1. The number of aromatic nitrogens is 1. The number of furan rings is 1. The van der Waals surface area contributed by atoms with E-state index in [2.05, 4.69) is 31.8 Å². The number of urea groups is 1. The molecule has 4 rings (SSSR count). The van der Waals surface area contributed by atoms with Gasteiger partial charge in [0.2, 0.25) is 0 Å². The van der Waals surface area contributed by atoms with Crippen LogP contribution in [0.3, 0.4) is 0 Å². The number of carboxylic acids is 1. The van der Waals surface area contributed by atoms with Gasteiger partial charge < -0.3 is 25.1 Å². The third-order valence-electron chi connectivity index (χ3n) is 6.27. The highest BCUT2D eigenvalue weighted by molar-refractivity contribution is 7.94. The molecule has 12 nitrogen and oxygen atoms in total. The Bertz CT molecular complexity index is 1680. The molecule has 0 unspecified atom stereocenters. The highest BCUT2D eigenvalue weighted by Crippen LogP contribution is 2.15. The smallest absolute Gasteiger partial charge is 0.317 e. The minimum atomic E-state index is -2.87. The third-order valence-corrected chi connectivity index (χ3v) is 8.41. The monoisotopic (exact) mass is 591 g/mol. The first-order valence-corrected chi connectivity index (χ1v) is 14.9. The van der Waals surface area contributed by atoms with E-state index in [4.69, 9.17) is 9.52 Å². The first-order valence-electron chi connectivity index (χ1n) is 13.1. The molecule has 1 saturated heterocycles. The molecule has 0 spiro atoms. The molecule has 3 aromatic rings. The van der Waals surface area contributed by atoms with Crippen molar-refractivity contribution in [2.45, 2.75) is 19.8 Å². The van der Waals surface area contributed by atoms with Gasteiger partial charge in [-0.2, -0.15) is 4.36 Å². The lowest BCUT2D eigenvalue weighted by Crippen LogP contribution is -2.48. The average Bonchev–Trinajstić information content (AvgIpc) is 3.40. The van der Waals surface area contributed by atoms with Gasteiger partial charge in [0.15, 0.2) is 5.76 Å². The Morgan fingerprint density at radius 1 is 1.10 bits per heavy atom. The molecule has 0 aliphatic carbocycles. The minimum absolute atomic E-state index is 0.0422. The summed E-state index contributed by atoms with van der Waals surface area (Å²) in [5.74, 6) is 4.24. The maximum Gasteiger partial charge on any atom is 0.317 e. The van der Waals surface area contributed by atoms with Crippen LogP contribution >= 0.6 is 0 Å². The van der Waals surface area contributed by atoms with Gasteiger partial charge in [-0.25, -0.2) is 9.00 Å². The van der Waals surface area contributed by atoms with Crippen LogP contribution in [-0.2, 0) is 14.5 Å². The quantitative estimate of drug-likeness (QED) is 0.278. The molecular weight excluding hydrogens is 562 g/mol. The van der Waals surface area contributed by atoms with Gasteiger partial charge in [0.1, 0.15) is 0 Å². The van der Waals surface area contributed by atoms with E-state index in [1.807, 2.05) is 0 Å². The van der Waals surface area contributed by atoms with Crippen molar-refractivity contribution in [1.29, 1.82) is 0 Å². The van der Waals surface area contributed by atoms with Crippen molar-refractivity contribution in [3.63, 3.8) is 0 Å². The normalized spacial score (nSPS) is 13.8. The van der Waals surface area contributed by atoms with Crippen molar-refractivity contribution in [3.05, 3.63) is 83.1 Å². The van der Waals surface area contributed by atoms with Crippen LogP contribution in [0.4, 0.5) is 10.5 Å². The zero-order valence-electron chi connectivity index (χ0n) is 22.8. The van der Waals surface area contributed by atoms with E-state index < -0.39 is 21.6 Å². The molecule has 4 amide bonds. The summed E-state index contributed by atoms with van der Waals surface area (Å²) in [7, 11) is -2.87. The second-order valence-electron chi connectivity index (χ2n) is 9.47. The minimum Gasteiger partial charge on any atom is -0.481 e. The Hall–Kier alpha value is -4.96. The number of carboxylic acid groups (broad SMARTS) is 1. The van der Waals surface area contributed by atoms with E-state index in [1.165, 1.54) is 29.6 Å². The molecular formula is C29H29N5O7S. The molecule has 13 heteroatoms. The molecule has 0 radical (unpaired) electrons. The van der Waals surface area contributed by atoms with Gasteiger partial charge in [0.25, 0.3) is 11.8 Å². The number of anilines is 1. The Labute approximate surface area is 242 Å². The molecule has 1 aliphatic heterocycles. The summed E-state index contributed by atoms with van der Waals surface area (Å²) >= 11 is 0. The van der Waals surface area contributed by atoms with E-state index in [0.717, 1.165) is 5.56 Å². The molecule has 2 aromatic heterocycles. The highest BCUT2D eigenvalue weighted by atomic mass is 32.2. The van der Waals surface area contributed by atoms with Crippen molar-refractivity contribution in [1.82, 2.24) is 15.2 Å². The standard InChI is InChI=1S/C29H29N5O7S/c1-20-9-13-41-26(20)28(38)32-24-5-2-4-21(17-24)7-8-22-16-23(19-30-18-22)27(37)33-42(40)14-11-34(12-15-42)29(39)31-10-3-6-25(35)36/h2,4-5,9,13,16-19H,3,6,10-12,14-15H2,1H3,(H,31,39)(H,32,38)(H,35,36). The zero-order chi connectivity index (χ0) is 30.1. The number of nitrogens with zero attached hydrogens (tertiary/aromatic N) is 3. The fourth-order valence-corrected chi connectivity index (χ4v) is 5.81. The molecule has 0 bridgehead atoms. The molecule has 0 saturated carbocycles. The Morgan fingerprint density at radius 3 is 2.57 bits per heavy atom. The maximum absolute atomic E-state index is 13.2. The van der Waals surface area contributed by atoms with Crippen molar-refractivity contribution < 1.29 is 32.9 Å². The third kappa shape index (κ3) is 8.28. The second kappa shape index (κ2) is 13.6. The van der Waals surface area contributed by atoms with E-state index in [-0.39, 0.29) is 60.8 Å². The Balaban J connectivity index is 1.36. The van der Waals surface area contributed by atoms with Gasteiger partial charge in [-0.1, -0.05) is 17.9 Å². The predicted molar refractivity (Wildman–Crippen MR) is 155 cm³/mol. The van der Waals surface area contributed by atoms with E-state index in [1.54, 1.807) is 37.3 Å². The lowest BCUT2D eigenvalue weighted by Gasteiger charge is -2.28. The lowest BCUT2D eigenvalue weighted by molar-refractivity contribution is -0.137. The zero-order valence-corrected chi connectivity index (χ0v) is 23.6. The number of hydrogen-bond acceptors (Lipinski definition) is 7. The molecule has 218 valence electrons. The van der Waals surface area contributed by atoms with Crippen LogP contribution in [0.2, 0.25) is 0 Å². The summed E-state index contributed by atoms with van der Waals surface area (Å²) in [6.07, 6.45) is 4.53. The van der Waals surface area contributed by atoms with Crippen molar-refractivity contribution in [3.8, 4) is 11.8 Å². The topological polar surface area (TPSA) is 171 Å². The molecule has 1 aromatic carbocycles. The van der Waals surface area contributed by atoms with Crippen LogP contribution in [-0.4, -0.2) is 74.2 Å². The number of aliphatic carboxylic acids is 1. The molecule has 0 atom stereocenters. The number of pyridine rings is 1. The van der Waals surface area contributed by atoms with Gasteiger partial charge in [-0.05, 0) is 43.7 Å². The van der Waals surface area contributed by atoms with Crippen LogP contribution in [0.25, 0.3) is 0 Å². The summed E-state index contributed by atoms with van der Waals surface area (Å²) in [5, 5.41) is 14.1. The van der Waals surface area contributed by atoms with Crippen LogP contribution in [0.5, 0.6) is 0 Å².